The molecule has 0 aliphatic rings. The Morgan fingerprint density at radius 3 is 2.54 bits per heavy atom. The van der Waals surface area contributed by atoms with Crippen LogP contribution in [0, 0.1) is 6.92 Å². The number of aromatic nitrogens is 2. The lowest BCUT2D eigenvalue weighted by Crippen LogP contribution is -2.28. The van der Waals surface area contributed by atoms with Crippen molar-refractivity contribution in [1.82, 2.24) is 4.98 Å². The van der Waals surface area contributed by atoms with E-state index in [2.05, 4.69) is 78.1 Å². The maximum Gasteiger partial charge on any atom is 0.381 e. The first-order valence-electron chi connectivity index (χ1n) is 8.11. The first-order chi connectivity index (χ1) is 11.7. The lowest BCUT2D eigenvalue weighted by atomic mass is 10.1. The molecule has 5 aromatic rings. The average molecular weight is 313 g/mol. The molecule has 0 atom stereocenters. The molecule has 0 fully saturated rings. The number of oxazole rings is 1. The number of nitrogens with zero attached hydrogens (tertiary/aromatic N) is 1. The Balaban J connectivity index is 1.86. The zero-order chi connectivity index (χ0) is 16.3. The van der Waals surface area contributed by atoms with E-state index in [0.29, 0.717) is 0 Å². The van der Waals surface area contributed by atoms with Gasteiger partial charge in [-0.25, -0.2) is 0 Å². The average Bonchev–Trinajstić information content (AvgIpc) is 3.11. The van der Waals surface area contributed by atoms with E-state index in [9.17, 15) is 0 Å². The summed E-state index contributed by atoms with van der Waals surface area (Å²) in [7, 11) is 2.06. The Bertz CT molecular complexity index is 1230. The van der Waals surface area contributed by atoms with Gasteiger partial charge in [-0.05, 0) is 24.6 Å². The van der Waals surface area contributed by atoms with Crippen LogP contribution in [-0.4, -0.2) is 4.98 Å². The molecular formula is C21H17N2O+. The Labute approximate surface area is 139 Å². The predicted octanol–water partition coefficient (Wildman–Crippen LogP) is 4.87. The molecule has 0 saturated carbocycles. The zero-order valence-corrected chi connectivity index (χ0v) is 13.6. The molecule has 3 aromatic carbocycles. The minimum absolute atomic E-state index is 0.889. The van der Waals surface area contributed by atoms with E-state index >= 15 is 0 Å². The second kappa shape index (κ2) is 4.71. The molecule has 0 saturated heterocycles. The molecule has 0 unspecified atom stereocenters. The van der Waals surface area contributed by atoms with Gasteiger partial charge in [0.2, 0.25) is 5.58 Å². The van der Waals surface area contributed by atoms with Crippen LogP contribution >= 0.6 is 0 Å². The van der Waals surface area contributed by atoms with Gasteiger partial charge in [0, 0.05) is 28.4 Å². The number of rotatable bonds is 1. The summed E-state index contributed by atoms with van der Waals surface area (Å²) in [6, 6.07) is 21.0. The molecular weight excluding hydrogens is 296 g/mol. The number of hydrogen-bond donors (Lipinski definition) is 1. The summed E-state index contributed by atoms with van der Waals surface area (Å²) in [6.45, 7) is 2.11. The third-order valence-corrected chi connectivity index (χ3v) is 4.83. The second-order valence-electron chi connectivity index (χ2n) is 6.32. The standard InChI is InChI=1S/C21H17N2O/c1-13-7-3-4-8-14(13)21-23(2)19-11-16-15-9-5-6-10-17(15)22-18(16)12-20(19)24-21/h3-12,22H,1-2H3/q+1. The van der Waals surface area contributed by atoms with Crippen LogP contribution in [0.5, 0.6) is 0 Å². The van der Waals surface area contributed by atoms with E-state index in [1.165, 1.54) is 16.3 Å². The molecule has 0 aliphatic heterocycles. The Morgan fingerprint density at radius 2 is 1.67 bits per heavy atom. The lowest BCUT2D eigenvalue weighted by molar-refractivity contribution is -0.637. The van der Waals surface area contributed by atoms with E-state index in [1.807, 2.05) is 6.07 Å². The Morgan fingerprint density at radius 1 is 0.875 bits per heavy atom. The van der Waals surface area contributed by atoms with Gasteiger partial charge >= 0.3 is 5.89 Å². The maximum absolute atomic E-state index is 6.21. The Kier molecular flexibility index (Phi) is 2.63. The highest BCUT2D eigenvalue weighted by molar-refractivity contribution is 6.10. The van der Waals surface area contributed by atoms with Crippen molar-refractivity contribution in [3.8, 4) is 11.5 Å². The van der Waals surface area contributed by atoms with Crippen molar-refractivity contribution in [1.29, 1.82) is 0 Å². The lowest BCUT2D eigenvalue weighted by Gasteiger charge is -1.97. The smallest absolute Gasteiger partial charge is 0.381 e. The highest BCUT2D eigenvalue weighted by Gasteiger charge is 2.23. The number of aromatic amines is 1. The van der Waals surface area contributed by atoms with Gasteiger partial charge in [0.25, 0.3) is 5.52 Å². The van der Waals surface area contributed by atoms with Gasteiger partial charge in [0.15, 0.2) is 0 Å². The molecule has 116 valence electrons. The van der Waals surface area contributed by atoms with Gasteiger partial charge in [-0.3, -0.25) is 0 Å². The van der Waals surface area contributed by atoms with Crippen molar-refractivity contribution in [2.75, 3.05) is 0 Å². The number of benzene rings is 3. The van der Waals surface area contributed by atoms with Gasteiger partial charge < -0.3 is 9.40 Å². The van der Waals surface area contributed by atoms with Gasteiger partial charge in [0.05, 0.1) is 11.1 Å². The van der Waals surface area contributed by atoms with Crippen LogP contribution in [0.4, 0.5) is 0 Å². The molecule has 24 heavy (non-hydrogen) atoms. The van der Waals surface area contributed by atoms with Crippen molar-refractivity contribution < 1.29 is 8.98 Å². The fourth-order valence-electron chi connectivity index (χ4n) is 3.54. The van der Waals surface area contributed by atoms with Gasteiger partial charge in [-0.1, -0.05) is 36.4 Å². The van der Waals surface area contributed by atoms with Crippen molar-refractivity contribution in [2.24, 2.45) is 7.05 Å². The van der Waals surface area contributed by atoms with Crippen LogP contribution in [0.1, 0.15) is 5.56 Å². The molecule has 0 aliphatic carbocycles. The Hall–Kier alpha value is -3.07. The van der Waals surface area contributed by atoms with Crippen molar-refractivity contribution >= 4 is 32.9 Å². The van der Waals surface area contributed by atoms with Crippen LogP contribution in [0.25, 0.3) is 44.4 Å². The normalized spacial score (nSPS) is 11.8. The molecule has 3 nitrogen and oxygen atoms in total. The highest BCUT2D eigenvalue weighted by atomic mass is 16.4. The van der Waals surface area contributed by atoms with Gasteiger partial charge in [-0.15, -0.1) is 0 Å². The van der Waals surface area contributed by atoms with Crippen LogP contribution in [0.3, 0.4) is 0 Å². The minimum atomic E-state index is 0.889. The first-order valence-corrected chi connectivity index (χ1v) is 8.11. The number of H-pyrrole nitrogens is 1. The molecule has 5 rings (SSSR count). The fourth-order valence-corrected chi connectivity index (χ4v) is 3.54. The van der Waals surface area contributed by atoms with E-state index in [4.69, 9.17) is 4.42 Å². The zero-order valence-electron chi connectivity index (χ0n) is 13.6. The van der Waals surface area contributed by atoms with Crippen molar-refractivity contribution in [2.45, 2.75) is 6.92 Å². The second-order valence-corrected chi connectivity index (χ2v) is 6.32. The molecule has 3 heteroatoms. The fraction of sp³-hybridized carbons (Fsp3) is 0.0952. The van der Waals surface area contributed by atoms with Crippen LogP contribution in [0.15, 0.2) is 65.1 Å². The third kappa shape index (κ3) is 1.75. The van der Waals surface area contributed by atoms with Crippen molar-refractivity contribution in [3.63, 3.8) is 0 Å². The number of nitrogens with one attached hydrogen (secondary N) is 1. The number of para-hydroxylation sites is 1. The predicted molar refractivity (Wildman–Crippen MR) is 96.9 cm³/mol. The molecule has 2 heterocycles. The number of aryl methyl sites for hydroxylation is 2. The number of fused-ring (bicyclic) bond motifs is 4. The summed E-state index contributed by atoms with van der Waals surface area (Å²) in [6.07, 6.45) is 0. The van der Waals surface area contributed by atoms with Crippen LogP contribution in [0.2, 0.25) is 0 Å². The van der Waals surface area contributed by atoms with Gasteiger partial charge in [0.1, 0.15) is 7.05 Å². The van der Waals surface area contributed by atoms with Gasteiger partial charge in [-0.2, -0.15) is 4.57 Å². The van der Waals surface area contributed by atoms with E-state index in [-0.39, 0.29) is 0 Å². The third-order valence-electron chi connectivity index (χ3n) is 4.83. The summed E-state index contributed by atoms with van der Waals surface area (Å²) in [4.78, 5) is 3.48. The highest BCUT2D eigenvalue weighted by Crippen LogP contribution is 2.31. The molecule has 0 radical (unpaired) electrons. The number of hydrogen-bond acceptors (Lipinski definition) is 1. The topological polar surface area (TPSA) is 32.8 Å². The molecule has 0 spiro atoms. The molecule has 2 aromatic heterocycles. The molecule has 1 N–H and O–H groups in total. The van der Waals surface area contributed by atoms with Crippen LogP contribution in [-0.2, 0) is 7.05 Å². The van der Waals surface area contributed by atoms with E-state index < -0.39 is 0 Å². The van der Waals surface area contributed by atoms with Crippen LogP contribution < -0.4 is 4.57 Å². The minimum Gasteiger partial charge on any atom is -0.397 e. The summed E-state index contributed by atoms with van der Waals surface area (Å²) < 4.78 is 8.35. The maximum atomic E-state index is 6.21. The van der Waals surface area contributed by atoms with E-state index in [0.717, 1.165) is 33.6 Å². The quantitative estimate of drug-likeness (QED) is 0.440. The monoisotopic (exact) mass is 313 g/mol. The SMILES string of the molecule is Cc1ccccc1-c1oc2cc3[nH]c4ccccc4c3cc2[n+]1C. The summed E-state index contributed by atoms with van der Waals surface area (Å²) >= 11 is 0. The first kappa shape index (κ1) is 13.4. The van der Waals surface area contributed by atoms with E-state index in [1.54, 1.807) is 0 Å². The summed E-state index contributed by atoms with van der Waals surface area (Å²) in [5, 5.41) is 2.47. The largest absolute Gasteiger partial charge is 0.397 e. The summed E-state index contributed by atoms with van der Waals surface area (Å²) in [5.41, 5.74) is 6.60. The molecule has 0 bridgehead atoms. The summed E-state index contributed by atoms with van der Waals surface area (Å²) in [5.74, 6) is 0.889. The van der Waals surface area contributed by atoms with Crippen molar-refractivity contribution in [3.05, 3.63) is 66.2 Å². The molecule has 0 amide bonds.